The van der Waals surface area contributed by atoms with Crippen molar-refractivity contribution in [3.8, 4) is 0 Å². The first-order valence-electron chi connectivity index (χ1n) is 8.89. The molecule has 1 fully saturated rings. The van der Waals surface area contributed by atoms with Gasteiger partial charge in [0.15, 0.2) is 0 Å². The fourth-order valence-electron chi connectivity index (χ4n) is 3.32. The number of hydrogen-bond acceptors (Lipinski definition) is 5. The van der Waals surface area contributed by atoms with Gasteiger partial charge in [-0.1, -0.05) is 30.3 Å². The van der Waals surface area contributed by atoms with Crippen LogP contribution in [0.2, 0.25) is 0 Å². The van der Waals surface area contributed by atoms with E-state index >= 15 is 0 Å². The van der Waals surface area contributed by atoms with E-state index in [1.807, 2.05) is 61.7 Å². The summed E-state index contributed by atoms with van der Waals surface area (Å²) < 4.78 is 0. The van der Waals surface area contributed by atoms with Gasteiger partial charge in [-0.2, -0.15) is 0 Å². The Morgan fingerprint density at radius 3 is 2.56 bits per heavy atom. The molecule has 1 aliphatic rings. The number of carbonyl (C=O) groups is 1. The van der Waals surface area contributed by atoms with Crippen LogP contribution in [0.15, 0.2) is 42.7 Å². The molecule has 0 aliphatic carbocycles. The summed E-state index contributed by atoms with van der Waals surface area (Å²) in [5, 5.41) is 0. The lowest BCUT2D eigenvalue weighted by Crippen LogP contribution is -2.38. The molecule has 2 heterocycles. The molecule has 0 bridgehead atoms. The zero-order chi connectivity index (χ0) is 17.6. The van der Waals surface area contributed by atoms with Crippen LogP contribution in [0.1, 0.15) is 24.0 Å². The van der Waals surface area contributed by atoms with Crippen molar-refractivity contribution in [2.24, 2.45) is 5.92 Å². The standard InChI is InChI=1S/C20H26N4O/c1-23(2)20-21-12-17(13-22-20)14-24-10-6-9-18(15-24)19(25)11-16-7-4-3-5-8-16/h3-5,7-8,12-13,18H,6,9-11,14-15H2,1-2H3. The number of hydrogen-bond donors (Lipinski definition) is 0. The van der Waals surface area contributed by atoms with Crippen molar-refractivity contribution < 1.29 is 4.79 Å². The second kappa shape index (κ2) is 8.21. The zero-order valence-electron chi connectivity index (χ0n) is 15.1. The van der Waals surface area contributed by atoms with Gasteiger partial charge in [-0.3, -0.25) is 9.69 Å². The molecule has 0 saturated carbocycles. The normalized spacial score (nSPS) is 18.1. The van der Waals surface area contributed by atoms with E-state index in [0.29, 0.717) is 12.2 Å². The summed E-state index contributed by atoms with van der Waals surface area (Å²) in [6.07, 6.45) is 6.38. The van der Waals surface area contributed by atoms with Crippen molar-refractivity contribution in [1.29, 1.82) is 0 Å². The van der Waals surface area contributed by atoms with Crippen molar-refractivity contribution in [3.05, 3.63) is 53.9 Å². The Bertz CT molecular complexity index is 685. The Kier molecular flexibility index (Phi) is 5.76. The van der Waals surface area contributed by atoms with Crippen LogP contribution in [0, 0.1) is 5.92 Å². The Morgan fingerprint density at radius 2 is 1.88 bits per heavy atom. The quantitative estimate of drug-likeness (QED) is 0.810. The van der Waals surface area contributed by atoms with Crippen LogP contribution in [0.25, 0.3) is 0 Å². The number of piperidine rings is 1. The van der Waals surface area contributed by atoms with Crippen LogP contribution < -0.4 is 4.90 Å². The van der Waals surface area contributed by atoms with Crippen LogP contribution in [-0.4, -0.2) is 47.8 Å². The first-order chi connectivity index (χ1) is 12.1. The molecule has 1 unspecified atom stereocenters. The second-order valence-corrected chi connectivity index (χ2v) is 6.99. The van der Waals surface area contributed by atoms with Gasteiger partial charge in [-0.05, 0) is 24.9 Å². The van der Waals surface area contributed by atoms with E-state index in [0.717, 1.165) is 49.6 Å². The fraction of sp³-hybridized carbons (Fsp3) is 0.450. The van der Waals surface area contributed by atoms with Gasteiger partial charge in [0.25, 0.3) is 0 Å². The van der Waals surface area contributed by atoms with Gasteiger partial charge in [0, 0.05) is 57.5 Å². The third-order valence-electron chi connectivity index (χ3n) is 4.68. The highest BCUT2D eigenvalue weighted by atomic mass is 16.1. The molecule has 1 aromatic carbocycles. The van der Waals surface area contributed by atoms with Gasteiger partial charge < -0.3 is 4.90 Å². The molecule has 0 N–H and O–H groups in total. The Morgan fingerprint density at radius 1 is 1.16 bits per heavy atom. The Balaban J connectivity index is 1.56. The number of aromatic nitrogens is 2. The molecule has 25 heavy (non-hydrogen) atoms. The smallest absolute Gasteiger partial charge is 0.224 e. The molecule has 5 nitrogen and oxygen atoms in total. The number of anilines is 1. The van der Waals surface area contributed by atoms with Crippen LogP contribution in [0.4, 0.5) is 5.95 Å². The zero-order valence-corrected chi connectivity index (χ0v) is 15.1. The first-order valence-corrected chi connectivity index (χ1v) is 8.89. The minimum Gasteiger partial charge on any atom is -0.347 e. The van der Waals surface area contributed by atoms with Gasteiger partial charge in [0.2, 0.25) is 5.95 Å². The summed E-state index contributed by atoms with van der Waals surface area (Å²) in [5.74, 6) is 1.21. The van der Waals surface area contributed by atoms with Crippen LogP contribution >= 0.6 is 0 Å². The molecular formula is C20H26N4O. The molecule has 2 aromatic rings. The number of ketones is 1. The number of Topliss-reactive ketones (excluding diaryl/α,β-unsaturated/α-hetero) is 1. The lowest BCUT2D eigenvalue weighted by Gasteiger charge is -2.32. The number of carbonyl (C=O) groups excluding carboxylic acids is 1. The maximum atomic E-state index is 12.6. The van der Waals surface area contributed by atoms with Gasteiger partial charge in [0.05, 0.1) is 0 Å². The molecule has 132 valence electrons. The van der Waals surface area contributed by atoms with Gasteiger partial charge >= 0.3 is 0 Å². The summed E-state index contributed by atoms with van der Waals surface area (Å²) in [6, 6.07) is 10.0. The maximum Gasteiger partial charge on any atom is 0.224 e. The fourth-order valence-corrected chi connectivity index (χ4v) is 3.32. The minimum atomic E-state index is 0.135. The van der Waals surface area contributed by atoms with Gasteiger partial charge in [0.1, 0.15) is 5.78 Å². The minimum absolute atomic E-state index is 0.135. The van der Waals surface area contributed by atoms with E-state index in [1.165, 1.54) is 0 Å². The van der Waals surface area contributed by atoms with E-state index in [2.05, 4.69) is 14.9 Å². The third kappa shape index (κ3) is 4.86. The summed E-state index contributed by atoms with van der Waals surface area (Å²) in [6.45, 7) is 2.68. The van der Waals surface area contributed by atoms with E-state index in [-0.39, 0.29) is 5.92 Å². The Labute approximate surface area is 149 Å². The van der Waals surface area contributed by atoms with Crippen molar-refractivity contribution in [1.82, 2.24) is 14.9 Å². The number of nitrogens with zero attached hydrogens (tertiary/aromatic N) is 4. The second-order valence-electron chi connectivity index (χ2n) is 6.99. The predicted molar refractivity (Wildman–Crippen MR) is 99.5 cm³/mol. The predicted octanol–water partition coefficient (Wildman–Crippen LogP) is 2.57. The van der Waals surface area contributed by atoms with E-state index in [9.17, 15) is 4.79 Å². The maximum absolute atomic E-state index is 12.6. The third-order valence-corrected chi connectivity index (χ3v) is 4.68. The SMILES string of the molecule is CN(C)c1ncc(CN2CCCC(C(=O)Cc3ccccc3)C2)cn1. The topological polar surface area (TPSA) is 49.3 Å². The lowest BCUT2D eigenvalue weighted by atomic mass is 9.90. The largest absolute Gasteiger partial charge is 0.347 e. The van der Waals surface area contributed by atoms with Crippen LogP contribution in [0.5, 0.6) is 0 Å². The number of likely N-dealkylation sites (tertiary alicyclic amines) is 1. The van der Waals surface area contributed by atoms with E-state index < -0.39 is 0 Å². The summed E-state index contributed by atoms with van der Waals surface area (Å²) in [7, 11) is 3.87. The van der Waals surface area contributed by atoms with Crippen LogP contribution in [-0.2, 0) is 17.8 Å². The molecule has 5 heteroatoms. The highest BCUT2D eigenvalue weighted by Crippen LogP contribution is 2.21. The summed E-state index contributed by atoms with van der Waals surface area (Å²) in [5.41, 5.74) is 2.21. The Hall–Kier alpha value is -2.27. The highest BCUT2D eigenvalue weighted by Gasteiger charge is 2.25. The molecule has 0 amide bonds. The number of benzene rings is 1. The molecule has 1 saturated heterocycles. The average molecular weight is 338 g/mol. The van der Waals surface area contributed by atoms with Gasteiger partial charge in [-0.25, -0.2) is 9.97 Å². The highest BCUT2D eigenvalue weighted by molar-refractivity contribution is 5.83. The first kappa shape index (κ1) is 17.5. The molecule has 3 rings (SSSR count). The van der Waals surface area contributed by atoms with Crippen molar-refractivity contribution in [3.63, 3.8) is 0 Å². The lowest BCUT2D eigenvalue weighted by molar-refractivity contribution is -0.123. The van der Waals surface area contributed by atoms with E-state index in [1.54, 1.807) is 0 Å². The molecule has 1 aliphatic heterocycles. The van der Waals surface area contributed by atoms with Crippen LogP contribution in [0.3, 0.4) is 0 Å². The van der Waals surface area contributed by atoms with Crippen molar-refractivity contribution in [2.45, 2.75) is 25.8 Å². The van der Waals surface area contributed by atoms with Crippen molar-refractivity contribution in [2.75, 3.05) is 32.1 Å². The molecule has 1 atom stereocenters. The van der Waals surface area contributed by atoms with Gasteiger partial charge in [-0.15, -0.1) is 0 Å². The summed E-state index contributed by atoms with van der Waals surface area (Å²) >= 11 is 0. The molecule has 0 radical (unpaired) electrons. The average Bonchev–Trinajstić information content (AvgIpc) is 2.63. The molecule has 0 spiro atoms. The monoisotopic (exact) mass is 338 g/mol. The summed E-state index contributed by atoms with van der Waals surface area (Å²) in [4.78, 5) is 25.6. The molecular weight excluding hydrogens is 312 g/mol. The van der Waals surface area contributed by atoms with Crippen molar-refractivity contribution >= 4 is 11.7 Å². The number of rotatable bonds is 6. The molecule has 1 aromatic heterocycles. The van der Waals surface area contributed by atoms with E-state index in [4.69, 9.17) is 0 Å².